The van der Waals surface area contributed by atoms with Crippen molar-refractivity contribution in [3.05, 3.63) is 50.5 Å². The number of carboxylic acids is 1. The van der Waals surface area contributed by atoms with Gasteiger partial charge in [0.25, 0.3) is 5.91 Å². The summed E-state index contributed by atoms with van der Waals surface area (Å²) in [5, 5.41) is 12.1. The number of hydrogen-bond acceptors (Lipinski definition) is 4. The van der Waals surface area contributed by atoms with Crippen LogP contribution in [-0.2, 0) is 6.54 Å². The number of thiazole rings is 1. The Morgan fingerprint density at radius 2 is 1.81 bits per heavy atom. The van der Waals surface area contributed by atoms with Gasteiger partial charge in [-0.15, -0.1) is 11.3 Å². The fourth-order valence-electron chi connectivity index (χ4n) is 2.12. The van der Waals surface area contributed by atoms with Crippen LogP contribution in [0.15, 0.2) is 17.6 Å². The van der Waals surface area contributed by atoms with Gasteiger partial charge in [0.05, 0.1) is 28.9 Å². The van der Waals surface area contributed by atoms with Gasteiger partial charge in [0.15, 0.2) is 0 Å². The molecule has 0 unspecified atom stereocenters. The normalized spacial score (nSPS) is 10.4. The van der Waals surface area contributed by atoms with E-state index >= 15 is 0 Å². The van der Waals surface area contributed by atoms with Crippen LogP contribution in [-0.4, -0.2) is 22.0 Å². The van der Waals surface area contributed by atoms with Crippen molar-refractivity contribution < 1.29 is 14.7 Å². The van der Waals surface area contributed by atoms with Gasteiger partial charge in [-0.05, 0) is 31.9 Å². The fraction of sp³-hybridized carbons (Fsp3) is 0.267. The van der Waals surface area contributed by atoms with E-state index in [1.807, 2.05) is 6.92 Å². The molecule has 1 amide bonds. The number of aryl methyl sites for hydroxylation is 3. The van der Waals surface area contributed by atoms with Crippen molar-refractivity contribution in [2.45, 2.75) is 27.3 Å². The molecular formula is C15H16N2O3S. The molecule has 0 atom stereocenters. The number of nitrogens with zero attached hydrogens (tertiary/aromatic N) is 1. The molecule has 0 aliphatic heterocycles. The Balaban J connectivity index is 2.29. The Morgan fingerprint density at radius 1 is 1.19 bits per heavy atom. The number of rotatable bonds is 4. The van der Waals surface area contributed by atoms with Crippen LogP contribution < -0.4 is 5.32 Å². The molecule has 0 spiro atoms. The number of amides is 1. The van der Waals surface area contributed by atoms with Crippen LogP contribution in [0.5, 0.6) is 0 Å². The lowest BCUT2D eigenvalue weighted by Crippen LogP contribution is -2.26. The van der Waals surface area contributed by atoms with Gasteiger partial charge in [-0.2, -0.15) is 0 Å². The monoisotopic (exact) mass is 304 g/mol. The van der Waals surface area contributed by atoms with E-state index in [0.29, 0.717) is 17.7 Å². The van der Waals surface area contributed by atoms with E-state index in [4.69, 9.17) is 0 Å². The van der Waals surface area contributed by atoms with Crippen molar-refractivity contribution in [1.82, 2.24) is 10.3 Å². The molecule has 5 nitrogen and oxygen atoms in total. The third-order valence-corrected chi connectivity index (χ3v) is 4.25. The van der Waals surface area contributed by atoms with Crippen molar-refractivity contribution >= 4 is 23.2 Å². The highest BCUT2D eigenvalue weighted by molar-refractivity contribution is 7.09. The quantitative estimate of drug-likeness (QED) is 0.910. The summed E-state index contributed by atoms with van der Waals surface area (Å²) in [6.07, 6.45) is 0. The molecule has 1 aromatic heterocycles. The lowest BCUT2D eigenvalue weighted by molar-refractivity contribution is 0.0690. The van der Waals surface area contributed by atoms with E-state index in [2.05, 4.69) is 10.3 Å². The maximum absolute atomic E-state index is 12.4. The Kier molecular flexibility index (Phi) is 4.37. The maximum atomic E-state index is 12.4. The number of aromatic nitrogens is 1. The third kappa shape index (κ3) is 3.11. The summed E-state index contributed by atoms with van der Waals surface area (Å²) in [6.45, 7) is 5.64. The zero-order chi connectivity index (χ0) is 15.6. The van der Waals surface area contributed by atoms with Crippen LogP contribution in [0.1, 0.15) is 42.4 Å². The number of nitrogens with one attached hydrogen (secondary N) is 1. The second-order valence-corrected chi connectivity index (χ2v) is 5.74. The number of aromatic carboxylic acids is 1. The first-order chi connectivity index (χ1) is 9.91. The van der Waals surface area contributed by atoms with Gasteiger partial charge in [-0.1, -0.05) is 12.1 Å². The highest BCUT2D eigenvalue weighted by atomic mass is 32.1. The van der Waals surface area contributed by atoms with E-state index in [9.17, 15) is 14.7 Å². The summed E-state index contributed by atoms with van der Waals surface area (Å²) in [4.78, 5) is 28.8. The van der Waals surface area contributed by atoms with E-state index in [0.717, 1.165) is 10.6 Å². The zero-order valence-electron chi connectivity index (χ0n) is 12.1. The first kappa shape index (κ1) is 15.2. The summed E-state index contributed by atoms with van der Waals surface area (Å²) in [5.41, 5.74) is 4.11. The molecule has 2 aromatic rings. The molecule has 1 aromatic carbocycles. The molecule has 0 aliphatic carbocycles. The SMILES string of the molecule is Cc1ccc(C)c(C(=O)NCc2scnc2C)c1C(=O)O. The molecule has 0 fully saturated rings. The first-order valence-corrected chi connectivity index (χ1v) is 7.30. The molecule has 0 saturated carbocycles. The number of carbonyl (C=O) groups excluding carboxylic acids is 1. The average Bonchev–Trinajstić information content (AvgIpc) is 2.83. The molecule has 0 bridgehead atoms. The molecule has 0 radical (unpaired) electrons. The molecule has 6 heteroatoms. The number of benzene rings is 1. The van der Waals surface area contributed by atoms with Crippen molar-refractivity contribution in [1.29, 1.82) is 0 Å². The van der Waals surface area contributed by atoms with Crippen LogP contribution in [0.3, 0.4) is 0 Å². The predicted molar refractivity (Wildman–Crippen MR) is 80.9 cm³/mol. The molecular weight excluding hydrogens is 288 g/mol. The van der Waals surface area contributed by atoms with Crippen LogP contribution in [0, 0.1) is 20.8 Å². The van der Waals surface area contributed by atoms with Crippen molar-refractivity contribution in [2.24, 2.45) is 0 Å². The minimum atomic E-state index is -1.09. The Bertz CT molecular complexity index is 707. The largest absolute Gasteiger partial charge is 0.478 e. The number of carbonyl (C=O) groups is 2. The molecule has 0 saturated heterocycles. The molecule has 110 valence electrons. The highest BCUT2D eigenvalue weighted by Crippen LogP contribution is 2.19. The molecule has 1 heterocycles. The van der Waals surface area contributed by atoms with Crippen LogP contribution in [0.4, 0.5) is 0 Å². The fourth-order valence-corrected chi connectivity index (χ4v) is 2.84. The Hall–Kier alpha value is -2.21. The predicted octanol–water partition coefficient (Wildman–Crippen LogP) is 2.70. The minimum absolute atomic E-state index is 0.0635. The zero-order valence-corrected chi connectivity index (χ0v) is 12.9. The molecule has 2 rings (SSSR count). The lowest BCUT2D eigenvalue weighted by atomic mass is 9.96. The van der Waals surface area contributed by atoms with Crippen LogP contribution >= 0.6 is 11.3 Å². The van der Waals surface area contributed by atoms with E-state index in [1.54, 1.807) is 31.5 Å². The average molecular weight is 304 g/mol. The molecule has 2 N–H and O–H groups in total. The van der Waals surface area contributed by atoms with Gasteiger partial charge in [0.2, 0.25) is 0 Å². The summed E-state index contributed by atoms with van der Waals surface area (Å²) in [7, 11) is 0. The van der Waals surface area contributed by atoms with Crippen LogP contribution in [0.25, 0.3) is 0 Å². The van der Waals surface area contributed by atoms with E-state index < -0.39 is 5.97 Å². The summed E-state index contributed by atoms with van der Waals surface area (Å²) < 4.78 is 0. The summed E-state index contributed by atoms with van der Waals surface area (Å²) in [6, 6.07) is 3.47. The van der Waals surface area contributed by atoms with Gasteiger partial charge in [-0.3, -0.25) is 4.79 Å². The topological polar surface area (TPSA) is 79.3 Å². The summed E-state index contributed by atoms with van der Waals surface area (Å²) >= 11 is 1.46. The molecule has 0 aliphatic rings. The van der Waals surface area contributed by atoms with Crippen molar-refractivity contribution in [2.75, 3.05) is 0 Å². The van der Waals surface area contributed by atoms with Crippen molar-refractivity contribution in [3.63, 3.8) is 0 Å². The van der Waals surface area contributed by atoms with Gasteiger partial charge in [0, 0.05) is 4.88 Å². The highest BCUT2D eigenvalue weighted by Gasteiger charge is 2.21. The first-order valence-electron chi connectivity index (χ1n) is 6.42. The lowest BCUT2D eigenvalue weighted by Gasteiger charge is -2.12. The van der Waals surface area contributed by atoms with Crippen LogP contribution in [0.2, 0.25) is 0 Å². The second kappa shape index (κ2) is 6.05. The smallest absolute Gasteiger partial charge is 0.336 e. The maximum Gasteiger partial charge on any atom is 0.336 e. The summed E-state index contributed by atoms with van der Waals surface area (Å²) in [5.74, 6) is -1.46. The van der Waals surface area contributed by atoms with Gasteiger partial charge < -0.3 is 10.4 Å². The van der Waals surface area contributed by atoms with E-state index in [1.165, 1.54) is 11.3 Å². The van der Waals surface area contributed by atoms with Gasteiger partial charge in [0.1, 0.15) is 0 Å². The Morgan fingerprint density at radius 3 is 2.33 bits per heavy atom. The molecule has 21 heavy (non-hydrogen) atoms. The number of carboxylic acid groups (broad SMARTS) is 1. The van der Waals surface area contributed by atoms with Gasteiger partial charge >= 0.3 is 5.97 Å². The van der Waals surface area contributed by atoms with E-state index in [-0.39, 0.29) is 17.0 Å². The van der Waals surface area contributed by atoms with Crippen molar-refractivity contribution in [3.8, 4) is 0 Å². The standard InChI is InChI=1S/C15H16N2O3S/c1-8-4-5-9(2)13(15(19)20)12(8)14(18)16-6-11-10(3)17-7-21-11/h4-5,7H,6H2,1-3H3,(H,16,18)(H,19,20). The number of hydrogen-bond donors (Lipinski definition) is 2. The Labute approximate surface area is 126 Å². The second-order valence-electron chi connectivity index (χ2n) is 4.80. The van der Waals surface area contributed by atoms with Gasteiger partial charge in [-0.25, -0.2) is 9.78 Å². The minimum Gasteiger partial charge on any atom is -0.478 e. The third-order valence-electron chi connectivity index (χ3n) is 3.32.